The highest BCUT2D eigenvalue weighted by Crippen LogP contribution is 2.38. The van der Waals surface area contributed by atoms with Crippen LogP contribution in [0.25, 0.3) is 10.8 Å². The minimum absolute atomic E-state index is 0.365. The van der Waals surface area contributed by atoms with Gasteiger partial charge in [-0.15, -0.1) is 0 Å². The molecule has 5 rings (SSSR count). The van der Waals surface area contributed by atoms with Gasteiger partial charge in [0.25, 0.3) is 5.91 Å². The van der Waals surface area contributed by atoms with Crippen LogP contribution in [0, 0.1) is 0 Å². The van der Waals surface area contributed by atoms with Crippen molar-refractivity contribution in [3.63, 3.8) is 0 Å². The molecule has 3 aromatic carbocycles. The Morgan fingerprint density at radius 3 is 2.44 bits per heavy atom. The number of benzene rings is 3. The lowest BCUT2D eigenvalue weighted by molar-refractivity contribution is -0.154. The van der Waals surface area contributed by atoms with Crippen molar-refractivity contribution in [2.24, 2.45) is 0 Å². The fourth-order valence-electron chi connectivity index (χ4n) is 5.06. The zero-order chi connectivity index (χ0) is 25.3. The van der Waals surface area contributed by atoms with Gasteiger partial charge in [0, 0.05) is 19.5 Å². The number of alkyl halides is 2. The van der Waals surface area contributed by atoms with Crippen LogP contribution in [0.3, 0.4) is 0 Å². The molecule has 0 aliphatic carbocycles. The summed E-state index contributed by atoms with van der Waals surface area (Å²) in [5.41, 5.74) is -0.625. The number of aliphatic hydroxyl groups is 1. The summed E-state index contributed by atoms with van der Waals surface area (Å²) in [5.74, 6) is -4.04. The van der Waals surface area contributed by atoms with E-state index in [-0.39, 0.29) is 0 Å². The second-order valence-corrected chi connectivity index (χ2v) is 9.66. The first-order chi connectivity index (χ1) is 17.3. The summed E-state index contributed by atoms with van der Waals surface area (Å²) in [6, 6.07) is 17.6. The van der Waals surface area contributed by atoms with Crippen molar-refractivity contribution in [2.45, 2.75) is 43.9 Å². The summed E-state index contributed by atoms with van der Waals surface area (Å²) < 4.78 is 41.7. The maximum absolute atomic E-state index is 15.3. The zero-order valence-electron chi connectivity index (χ0n) is 20.2. The molecule has 0 spiro atoms. The summed E-state index contributed by atoms with van der Waals surface area (Å²) in [7, 11) is 0. The average molecular weight is 497 g/mol. The number of rotatable bonds is 7. The van der Waals surface area contributed by atoms with Gasteiger partial charge in [-0.3, -0.25) is 9.69 Å². The first kappa shape index (κ1) is 24.5. The molecule has 3 aromatic rings. The molecule has 6 nitrogen and oxygen atoms in total. The van der Waals surface area contributed by atoms with E-state index < -0.39 is 30.0 Å². The lowest BCUT2D eigenvalue weighted by atomic mass is 9.94. The third-order valence-electron chi connectivity index (χ3n) is 7.12. The van der Waals surface area contributed by atoms with Gasteiger partial charge in [-0.25, -0.2) is 0 Å². The highest BCUT2D eigenvalue weighted by atomic mass is 19.3. The number of hydrogen-bond donors (Lipinski definition) is 2. The van der Waals surface area contributed by atoms with Crippen LogP contribution in [0.2, 0.25) is 0 Å². The van der Waals surface area contributed by atoms with Crippen LogP contribution in [0.4, 0.5) is 8.78 Å². The van der Waals surface area contributed by atoms with Gasteiger partial charge in [0.2, 0.25) is 0 Å². The predicted octanol–water partition coefficient (Wildman–Crippen LogP) is 4.45. The van der Waals surface area contributed by atoms with E-state index in [0.29, 0.717) is 48.9 Å². The summed E-state index contributed by atoms with van der Waals surface area (Å²) >= 11 is 0. The summed E-state index contributed by atoms with van der Waals surface area (Å²) in [5, 5.41) is 15.7. The number of hydrogen-bond acceptors (Lipinski definition) is 5. The van der Waals surface area contributed by atoms with E-state index in [2.05, 4.69) is 5.32 Å². The van der Waals surface area contributed by atoms with Gasteiger partial charge in [-0.2, -0.15) is 8.78 Å². The number of carbonyl (C=O) groups excluding carboxylic acids is 1. The molecule has 2 aliphatic heterocycles. The summed E-state index contributed by atoms with van der Waals surface area (Å²) in [4.78, 5) is 14.9. The highest BCUT2D eigenvalue weighted by Gasteiger charge is 2.48. The van der Waals surface area contributed by atoms with E-state index in [9.17, 15) is 9.90 Å². The highest BCUT2D eigenvalue weighted by molar-refractivity contribution is 5.86. The van der Waals surface area contributed by atoms with Crippen LogP contribution in [0.5, 0.6) is 11.5 Å². The first-order valence-corrected chi connectivity index (χ1v) is 12.3. The molecule has 0 unspecified atom stereocenters. The Bertz CT molecular complexity index is 1260. The Labute approximate surface area is 208 Å². The third-order valence-corrected chi connectivity index (χ3v) is 7.12. The molecule has 0 radical (unpaired) electrons. The minimum Gasteiger partial charge on any atom is -0.486 e. The predicted molar refractivity (Wildman–Crippen MR) is 132 cm³/mol. The standard InChI is InChI=1S/C28H30F2N2O4/c1-27(32-12-4-5-13-32,25(33)22-10-11-23-24(17-22)36-15-14-35-23)31-26(34)28(29,30)18-19-8-9-20-6-2-3-7-21(20)16-19/h2-3,6-11,16-17,25,33H,4-5,12-15,18H2,1H3,(H,31,34)/t25-,27+/m1/s1. The normalized spacial score (nSPS) is 18.6. The zero-order valence-corrected chi connectivity index (χ0v) is 20.2. The van der Waals surface area contributed by atoms with Crippen molar-refractivity contribution in [3.05, 3.63) is 71.8 Å². The number of nitrogens with zero attached hydrogens (tertiary/aromatic N) is 1. The Morgan fingerprint density at radius 1 is 1.00 bits per heavy atom. The maximum Gasteiger partial charge on any atom is 0.328 e. The maximum atomic E-state index is 15.3. The number of aliphatic hydroxyl groups excluding tert-OH is 1. The molecule has 2 N–H and O–H groups in total. The monoisotopic (exact) mass is 496 g/mol. The summed E-state index contributed by atoms with van der Waals surface area (Å²) in [6.45, 7) is 3.57. The van der Waals surface area contributed by atoms with Crippen LogP contribution in [0.15, 0.2) is 60.7 Å². The molecule has 1 fully saturated rings. The van der Waals surface area contributed by atoms with Crippen molar-refractivity contribution >= 4 is 16.7 Å². The van der Waals surface area contributed by atoms with Crippen molar-refractivity contribution in [1.29, 1.82) is 0 Å². The van der Waals surface area contributed by atoms with Gasteiger partial charge >= 0.3 is 5.92 Å². The van der Waals surface area contributed by atoms with Gasteiger partial charge in [0.15, 0.2) is 11.5 Å². The third kappa shape index (κ3) is 4.75. The second-order valence-electron chi connectivity index (χ2n) is 9.66. The minimum atomic E-state index is -3.67. The van der Waals surface area contributed by atoms with Crippen molar-refractivity contribution in [3.8, 4) is 11.5 Å². The Kier molecular flexibility index (Phi) is 6.57. The van der Waals surface area contributed by atoms with E-state index in [4.69, 9.17) is 9.47 Å². The molecule has 0 aromatic heterocycles. The van der Waals surface area contributed by atoms with E-state index in [0.717, 1.165) is 23.6 Å². The van der Waals surface area contributed by atoms with Crippen LogP contribution in [-0.4, -0.2) is 53.8 Å². The van der Waals surface area contributed by atoms with Crippen LogP contribution < -0.4 is 14.8 Å². The summed E-state index contributed by atoms with van der Waals surface area (Å²) in [6.07, 6.45) is -0.300. The van der Waals surface area contributed by atoms with Crippen LogP contribution in [0.1, 0.15) is 37.0 Å². The topological polar surface area (TPSA) is 71.0 Å². The molecular weight excluding hydrogens is 466 g/mol. The quantitative estimate of drug-likeness (QED) is 0.506. The van der Waals surface area contributed by atoms with Gasteiger partial charge in [0.1, 0.15) is 25.0 Å². The number of fused-ring (bicyclic) bond motifs is 2. The van der Waals surface area contributed by atoms with Gasteiger partial charge in [-0.05, 0) is 53.8 Å². The average Bonchev–Trinajstić information content (AvgIpc) is 3.43. The van der Waals surface area contributed by atoms with Gasteiger partial charge in [-0.1, -0.05) is 48.5 Å². The molecular formula is C28H30F2N2O4. The van der Waals surface area contributed by atoms with Crippen molar-refractivity contribution in [2.75, 3.05) is 26.3 Å². The molecule has 190 valence electrons. The largest absolute Gasteiger partial charge is 0.486 e. The number of amides is 1. The molecule has 2 aliphatic rings. The Hall–Kier alpha value is -3.23. The molecule has 0 bridgehead atoms. The lowest BCUT2D eigenvalue weighted by Crippen LogP contribution is -2.64. The molecule has 8 heteroatoms. The molecule has 36 heavy (non-hydrogen) atoms. The Morgan fingerprint density at radius 2 is 1.69 bits per heavy atom. The Balaban J connectivity index is 1.39. The number of halogens is 2. The van der Waals surface area contributed by atoms with Gasteiger partial charge < -0.3 is 19.9 Å². The number of likely N-dealkylation sites (tertiary alicyclic amines) is 1. The molecule has 2 heterocycles. The fourth-order valence-corrected chi connectivity index (χ4v) is 5.06. The molecule has 1 amide bonds. The SMILES string of the molecule is C[C@@](NC(=O)C(F)(F)Cc1ccc2ccccc2c1)([C@H](O)c1ccc2c(c1)OCCO2)N1CCCC1. The smallest absolute Gasteiger partial charge is 0.328 e. The molecule has 0 saturated carbocycles. The van der Waals surface area contributed by atoms with Crippen molar-refractivity contribution < 1.29 is 28.2 Å². The van der Waals surface area contributed by atoms with E-state index >= 15 is 8.78 Å². The molecule has 1 saturated heterocycles. The number of carbonyl (C=O) groups is 1. The fraction of sp³-hybridized carbons (Fsp3) is 0.393. The van der Waals surface area contributed by atoms with Crippen molar-refractivity contribution in [1.82, 2.24) is 10.2 Å². The first-order valence-electron chi connectivity index (χ1n) is 12.3. The van der Waals surface area contributed by atoms with E-state index in [1.54, 1.807) is 43.3 Å². The second kappa shape index (κ2) is 9.67. The number of ether oxygens (including phenoxy) is 2. The molecule has 2 atom stereocenters. The van der Waals surface area contributed by atoms with Crippen LogP contribution >= 0.6 is 0 Å². The number of nitrogens with one attached hydrogen (secondary N) is 1. The van der Waals surface area contributed by atoms with E-state index in [1.807, 2.05) is 29.2 Å². The van der Waals surface area contributed by atoms with Gasteiger partial charge in [0.05, 0.1) is 0 Å². The van der Waals surface area contributed by atoms with Crippen LogP contribution in [-0.2, 0) is 11.2 Å². The lowest BCUT2D eigenvalue weighted by Gasteiger charge is -2.43. The van der Waals surface area contributed by atoms with E-state index in [1.165, 1.54) is 0 Å².